The maximum Gasteiger partial charge on any atom is 0.269 e. The van der Waals surface area contributed by atoms with Crippen molar-refractivity contribution < 1.29 is 13.5 Å². The molecule has 0 aliphatic carbocycles. The number of rotatable bonds is 2. The summed E-state index contributed by atoms with van der Waals surface area (Å²) in [4.78, 5) is 3.72. The van der Waals surface area contributed by atoms with Crippen LogP contribution < -0.4 is 4.74 Å². The number of halogens is 4. The van der Waals surface area contributed by atoms with E-state index in [1.165, 1.54) is 13.3 Å². The average Bonchev–Trinajstić information content (AvgIpc) is 2.08. The van der Waals surface area contributed by atoms with Crippen LogP contribution in [-0.4, -0.2) is 12.1 Å². The first-order valence-electron chi connectivity index (χ1n) is 3.24. The van der Waals surface area contributed by atoms with Crippen LogP contribution in [-0.2, 0) is 0 Å². The molecule has 1 aromatic rings. The van der Waals surface area contributed by atoms with Gasteiger partial charge in [0.25, 0.3) is 6.43 Å². The van der Waals surface area contributed by atoms with Gasteiger partial charge in [-0.1, -0.05) is 11.6 Å². The number of aromatic nitrogens is 1. The molecule has 0 saturated heterocycles. The Morgan fingerprint density at radius 1 is 1.62 bits per heavy atom. The number of hydrogen-bond donors (Lipinski definition) is 0. The largest absolute Gasteiger partial charge is 0.495 e. The summed E-state index contributed by atoms with van der Waals surface area (Å²) in [5.74, 6) is -0.0109. The number of ether oxygens (including phenoxy) is 1. The van der Waals surface area contributed by atoms with Crippen LogP contribution in [0.4, 0.5) is 8.78 Å². The molecule has 0 amide bonds. The summed E-state index contributed by atoms with van der Waals surface area (Å²) < 4.78 is 29.8. The molecule has 13 heavy (non-hydrogen) atoms. The van der Waals surface area contributed by atoms with Gasteiger partial charge in [-0.2, -0.15) is 0 Å². The third-order valence-electron chi connectivity index (χ3n) is 1.42. The van der Waals surface area contributed by atoms with Crippen LogP contribution in [0.2, 0.25) is 5.02 Å². The molecule has 0 atom stereocenters. The van der Waals surface area contributed by atoms with E-state index < -0.39 is 6.43 Å². The van der Waals surface area contributed by atoms with Crippen molar-refractivity contribution in [2.75, 3.05) is 7.11 Å². The van der Waals surface area contributed by atoms with Crippen LogP contribution in [0.5, 0.6) is 5.75 Å². The van der Waals surface area contributed by atoms with Gasteiger partial charge in [-0.05, 0) is 15.9 Å². The average molecular weight is 272 g/mol. The molecule has 1 heterocycles. The second kappa shape index (κ2) is 4.19. The minimum Gasteiger partial charge on any atom is -0.495 e. The fourth-order valence-corrected chi connectivity index (χ4v) is 1.37. The number of pyridine rings is 1. The summed E-state index contributed by atoms with van der Waals surface area (Å²) in [7, 11) is 1.28. The molecule has 0 aliphatic heterocycles. The van der Waals surface area contributed by atoms with E-state index >= 15 is 0 Å². The Hall–Kier alpha value is -0.420. The van der Waals surface area contributed by atoms with Crippen molar-refractivity contribution in [2.24, 2.45) is 0 Å². The van der Waals surface area contributed by atoms with E-state index in [0.717, 1.165) is 0 Å². The van der Waals surface area contributed by atoms with E-state index in [1.54, 1.807) is 0 Å². The predicted molar refractivity (Wildman–Crippen MR) is 48.5 cm³/mol. The van der Waals surface area contributed by atoms with E-state index in [2.05, 4.69) is 20.9 Å². The van der Waals surface area contributed by atoms with Crippen molar-refractivity contribution in [1.29, 1.82) is 0 Å². The van der Waals surface area contributed by atoms with Gasteiger partial charge in [0.15, 0.2) is 0 Å². The highest BCUT2D eigenvalue weighted by atomic mass is 79.9. The van der Waals surface area contributed by atoms with E-state index in [4.69, 9.17) is 16.3 Å². The Morgan fingerprint density at radius 3 is 2.69 bits per heavy atom. The molecular formula is C7H5BrClF2NO. The van der Waals surface area contributed by atoms with Crippen molar-refractivity contribution in [2.45, 2.75) is 6.43 Å². The molecule has 0 saturated carbocycles. The molecule has 0 radical (unpaired) electrons. The van der Waals surface area contributed by atoms with Crippen molar-refractivity contribution in [3.8, 4) is 5.75 Å². The normalized spacial score (nSPS) is 10.6. The van der Waals surface area contributed by atoms with Crippen LogP contribution in [0.15, 0.2) is 10.8 Å². The first kappa shape index (κ1) is 10.7. The Labute approximate surface area is 87.0 Å². The Morgan fingerprint density at radius 2 is 2.23 bits per heavy atom. The van der Waals surface area contributed by atoms with Crippen LogP contribution in [0, 0.1) is 0 Å². The van der Waals surface area contributed by atoms with Crippen molar-refractivity contribution in [3.05, 3.63) is 21.4 Å². The van der Waals surface area contributed by atoms with Gasteiger partial charge in [0.05, 0.1) is 23.9 Å². The third kappa shape index (κ3) is 2.08. The first-order chi connectivity index (χ1) is 6.07. The summed E-state index contributed by atoms with van der Waals surface area (Å²) in [5.41, 5.74) is -0.342. The molecule has 0 aromatic carbocycles. The minimum absolute atomic E-state index is 0.0109. The summed E-state index contributed by atoms with van der Waals surface area (Å²) in [6.45, 7) is 0. The van der Waals surface area contributed by atoms with Gasteiger partial charge in [0.2, 0.25) is 0 Å². The van der Waals surface area contributed by atoms with E-state index in [0.29, 0.717) is 0 Å². The number of alkyl halides is 2. The fourth-order valence-electron chi connectivity index (χ4n) is 0.827. The predicted octanol–water partition coefficient (Wildman–Crippen LogP) is 3.44. The highest BCUT2D eigenvalue weighted by molar-refractivity contribution is 9.10. The quantitative estimate of drug-likeness (QED) is 0.769. The Kier molecular flexibility index (Phi) is 3.44. The zero-order valence-electron chi connectivity index (χ0n) is 6.52. The summed E-state index contributed by atoms with van der Waals surface area (Å²) >= 11 is 8.55. The lowest BCUT2D eigenvalue weighted by molar-refractivity contribution is 0.147. The van der Waals surface area contributed by atoms with Gasteiger partial charge in [-0.3, -0.25) is 0 Å². The molecule has 0 N–H and O–H groups in total. The van der Waals surface area contributed by atoms with E-state index in [-0.39, 0.29) is 20.9 Å². The summed E-state index contributed by atoms with van der Waals surface area (Å²) in [6.07, 6.45) is -1.49. The van der Waals surface area contributed by atoms with Crippen LogP contribution in [0.25, 0.3) is 0 Å². The Balaban J connectivity index is 3.32. The highest BCUT2D eigenvalue weighted by Gasteiger charge is 2.20. The second-order valence-electron chi connectivity index (χ2n) is 2.15. The molecule has 2 nitrogen and oxygen atoms in total. The maximum absolute atomic E-state index is 12.4. The molecule has 6 heteroatoms. The van der Waals surface area contributed by atoms with Gasteiger partial charge in [0, 0.05) is 0 Å². The molecule has 0 aliphatic rings. The van der Waals surface area contributed by atoms with Gasteiger partial charge < -0.3 is 4.74 Å². The topological polar surface area (TPSA) is 22.1 Å². The summed E-state index contributed by atoms with van der Waals surface area (Å²) in [6, 6.07) is 0. The second-order valence-corrected chi connectivity index (χ2v) is 3.27. The number of methoxy groups -OCH3 is 1. The lowest BCUT2D eigenvalue weighted by atomic mass is 10.2. The molecule has 0 unspecified atom stereocenters. The standard InChI is InChI=1S/C7H5BrClF2NO/c1-13-3-2-12-6(8)5(9)4(3)7(10)11/h2,7H,1H3. The molecular weight excluding hydrogens is 267 g/mol. The molecule has 0 fully saturated rings. The molecule has 1 aromatic heterocycles. The SMILES string of the molecule is COc1cnc(Br)c(Cl)c1C(F)F. The van der Waals surface area contributed by atoms with Crippen molar-refractivity contribution in [1.82, 2.24) is 4.98 Å². The number of nitrogens with zero attached hydrogens (tertiary/aromatic N) is 1. The summed E-state index contributed by atoms with van der Waals surface area (Å²) in [5, 5.41) is -0.116. The first-order valence-corrected chi connectivity index (χ1v) is 4.41. The molecule has 72 valence electrons. The maximum atomic E-state index is 12.4. The van der Waals surface area contributed by atoms with Gasteiger partial charge >= 0.3 is 0 Å². The third-order valence-corrected chi connectivity index (χ3v) is 2.63. The zero-order valence-corrected chi connectivity index (χ0v) is 8.86. The van der Waals surface area contributed by atoms with Gasteiger partial charge in [-0.25, -0.2) is 13.8 Å². The number of hydrogen-bond acceptors (Lipinski definition) is 2. The van der Waals surface area contributed by atoms with Crippen LogP contribution in [0.3, 0.4) is 0 Å². The Bertz CT molecular complexity index is 322. The monoisotopic (exact) mass is 271 g/mol. The lowest BCUT2D eigenvalue weighted by Gasteiger charge is -2.09. The fraction of sp³-hybridized carbons (Fsp3) is 0.286. The molecule has 0 spiro atoms. The highest BCUT2D eigenvalue weighted by Crippen LogP contribution is 2.37. The smallest absolute Gasteiger partial charge is 0.269 e. The molecule has 0 bridgehead atoms. The van der Waals surface area contributed by atoms with Crippen molar-refractivity contribution in [3.63, 3.8) is 0 Å². The minimum atomic E-state index is -2.68. The van der Waals surface area contributed by atoms with Crippen LogP contribution in [0.1, 0.15) is 12.0 Å². The van der Waals surface area contributed by atoms with Gasteiger partial charge in [0.1, 0.15) is 10.4 Å². The van der Waals surface area contributed by atoms with E-state index in [1.807, 2.05) is 0 Å². The van der Waals surface area contributed by atoms with Gasteiger partial charge in [-0.15, -0.1) is 0 Å². The zero-order chi connectivity index (χ0) is 10.0. The van der Waals surface area contributed by atoms with E-state index in [9.17, 15) is 8.78 Å². The lowest BCUT2D eigenvalue weighted by Crippen LogP contribution is -1.96. The molecule has 1 rings (SSSR count). The van der Waals surface area contributed by atoms with Crippen molar-refractivity contribution >= 4 is 27.5 Å². The van der Waals surface area contributed by atoms with Crippen LogP contribution >= 0.6 is 27.5 Å².